The number of ether oxygens (including phenoxy) is 1. The molecule has 1 aromatic heterocycles. The second kappa shape index (κ2) is 8.74. The zero-order valence-corrected chi connectivity index (χ0v) is 13.4. The second-order valence-corrected chi connectivity index (χ2v) is 5.27. The minimum atomic E-state index is 0.286. The lowest BCUT2D eigenvalue weighted by Crippen LogP contribution is -2.25. The largest absolute Gasteiger partial charge is 0.383 e. The Morgan fingerprint density at radius 3 is 2.45 bits per heavy atom. The highest BCUT2D eigenvalue weighted by atomic mass is 16.5. The summed E-state index contributed by atoms with van der Waals surface area (Å²) in [6, 6.07) is 2.25. The highest BCUT2D eigenvalue weighted by Gasteiger charge is 2.12. The van der Waals surface area contributed by atoms with Gasteiger partial charge in [-0.1, -0.05) is 27.2 Å². The van der Waals surface area contributed by atoms with Gasteiger partial charge in [0.2, 0.25) is 0 Å². The van der Waals surface area contributed by atoms with Crippen LogP contribution < -0.4 is 10.6 Å². The van der Waals surface area contributed by atoms with Crippen LogP contribution in [0.2, 0.25) is 0 Å². The summed E-state index contributed by atoms with van der Waals surface area (Å²) in [4.78, 5) is 9.13. The summed E-state index contributed by atoms with van der Waals surface area (Å²) in [7, 11) is 1.73. The quantitative estimate of drug-likeness (QED) is 0.727. The van der Waals surface area contributed by atoms with Gasteiger partial charge in [-0.15, -0.1) is 0 Å². The third-order valence-electron chi connectivity index (χ3n) is 2.97. The lowest BCUT2D eigenvalue weighted by Gasteiger charge is -2.19. The zero-order chi connectivity index (χ0) is 15.0. The molecule has 1 atom stereocenters. The summed E-state index contributed by atoms with van der Waals surface area (Å²) in [6.45, 7) is 9.99. The number of aromatic nitrogens is 2. The fourth-order valence-corrected chi connectivity index (χ4v) is 2.03. The Hall–Kier alpha value is -1.36. The number of anilines is 2. The van der Waals surface area contributed by atoms with Gasteiger partial charge >= 0.3 is 0 Å². The minimum absolute atomic E-state index is 0.286. The molecule has 5 heteroatoms. The monoisotopic (exact) mass is 280 g/mol. The predicted octanol–water partition coefficient (Wildman–Crippen LogP) is 3.26. The molecule has 0 aliphatic heterocycles. The molecule has 0 fully saturated rings. The first-order valence-electron chi connectivity index (χ1n) is 7.49. The van der Waals surface area contributed by atoms with Gasteiger partial charge in [0.05, 0.1) is 12.6 Å². The number of methoxy groups -OCH3 is 1. The number of nitrogens with zero attached hydrogens (tertiary/aromatic N) is 2. The molecular formula is C15H28N4O. The Morgan fingerprint density at radius 2 is 1.90 bits per heavy atom. The van der Waals surface area contributed by atoms with Crippen molar-refractivity contribution in [3.8, 4) is 0 Å². The van der Waals surface area contributed by atoms with Gasteiger partial charge in [0.15, 0.2) is 0 Å². The lowest BCUT2D eigenvalue weighted by atomic mass is 10.2. The Balaban J connectivity index is 2.90. The van der Waals surface area contributed by atoms with Gasteiger partial charge in [-0.2, -0.15) is 0 Å². The van der Waals surface area contributed by atoms with Gasteiger partial charge in [-0.05, 0) is 13.3 Å². The maximum absolute atomic E-state index is 5.26. The van der Waals surface area contributed by atoms with Crippen molar-refractivity contribution < 1.29 is 4.74 Å². The summed E-state index contributed by atoms with van der Waals surface area (Å²) < 4.78 is 5.26. The second-order valence-electron chi connectivity index (χ2n) is 5.27. The molecule has 1 aromatic rings. The topological polar surface area (TPSA) is 59.1 Å². The molecule has 20 heavy (non-hydrogen) atoms. The molecule has 0 amide bonds. The van der Waals surface area contributed by atoms with Gasteiger partial charge in [-0.25, -0.2) is 9.97 Å². The smallest absolute Gasteiger partial charge is 0.135 e. The van der Waals surface area contributed by atoms with E-state index in [4.69, 9.17) is 4.74 Å². The predicted molar refractivity (Wildman–Crippen MR) is 84.5 cm³/mol. The van der Waals surface area contributed by atoms with Crippen LogP contribution in [-0.4, -0.2) is 36.3 Å². The first-order chi connectivity index (χ1) is 9.60. The van der Waals surface area contributed by atoms with Crippen LogP contribution in [-0.2, 0) is 4.74 Å². The van der Waals surface area contributed by atoms with Gasteiger partial charge in [0.25, 0.3) is 0 Å². The Kier molecular flexibility index (Phi) is 7.30. The number of nitrogens with one attached hydrogen (secondary N) is 2. The van der Waals surface area contributed by atoms with Crippen molar-refractivity contribution in [2.75, 3.05) is 30.9 Å². The fraction of sp³-hybridized carbons (Fsp3) is 0.733. The summed E-state index contributed by atoms with van der Waals surface area (Å²) in [5, 5.41) is 6.72. The van der Waals surface area contributed by atoms with Gasteiger partial charge < -0.3 is 15.4 Å². The van der Waals surface area contributed by atoms with Gasteiger partial charge in [-0.3, -0.25) is 0 Å². The highest BCUT2D eigenvalue weighted by molar-refractivity contribution is 5.48. The standard InChI is InChI=1S/C15H28N4O/c1-6-8-12(10-20-5)17-14-9-13(16-7-2)18-15(19-14)11(3)4/h9,11-12H,6-8,10H2,1-5H3,(H2,16,17,18,19). The van der Waals surface area contributed by atoms with Gasteiger partial charge in [0, 0.05) is 25.6 Å². The third kappa shape index (κ3) is 5.33. The van der Waals surface area contributed by atoms with E-state index in [1.165, 1.54) is 0 Å². The van der Waals surface area contributed by atoms with Crippen molar-refractivity contribution in [2.24, 2.45) is 0 Å². The number of rotatable bonds is 9. The summed E-state index contributed by atoms with van der Waals surface area (Å²) in [5.74, 6) is 2.91. The molecular weight excluding hydrogens is 252 g/mol. The van der Waals surface area contributed by atoms with E-state index >= 15 is 0 Å². The van der Waals surface area contributed by atoms with Crippen LogP contribution in [0.4, 0.5) is 11.6 Å². The average Bonchev–Trinajstić information content (AvgIpc) is 2.39. The summed E-state index contributed by atoms with van der Waals surface area (Å²) in [6.07, 6.45) is 2.18. The molecule has 1 rings (SSSR count). The summed E-state index contributed by atoms with van der Waals surface area (Å²) >= 11 is 0. The van der Waals surface area contributed by atoms with Crippen LogP contribution >= 0.6 is 0 Å². The van der Waals surface area contributed by atoms with Crippen molar-refractivity contribution in [2.45, 2.75) is 52.5 Å². The molecule has 0 aliphatic carbocycles. The van der Waals surface area contributed by atoms with Crippen LogP contribution in [0.1, 0.15) is 52.3 Å². The Bertz CT molecular complexity index is 389. The summed E-state index contributed by atoms with van der Waals surface area (Å²) in [5.41, 5.74) is 0. The Labute approximate surface area is 122 Å². The van der Waals surface area contributed by atoms with E-state index in [0.717, 1.165) is 36.8 Å². The van der Waals surface area contributed by atoms with E-state index in [1.807, 2.05) is 6.07 Å². The van der Waals surface area contributed by atoms with E-state index < -0.39 is 0 Å². The van der Waals surface area contributed by atoms with E-state index in [1.54, 1.807) is 7.11 Å². The van der Waals surface area contributed by atoms with E-state index in [0.29, 0.717) is 12.5 Å². The van der Waals surface area contributed by atoms with E-state index in [2.05, 4.69) is 48.3 Å². The average molecular weight is 280 g/mol. The molecule has 1 heterocycles. The maximum atomic E-state index is 5.26. The van der Waals surface area contributed by atoms with Crippen molar-refractivity contribution >= 4 is 11.6 Å². The van der Waals surface area contributed by atoms with Crippen molar-refractivity contribution in [3.63, 3.8) is 0 Å². The van der Waals surface area contributed by atoms with Crippen LogP contribution in [0.5, 0.6) is 0 Å². The van der Waals surface area contributed by atoms with Gasteiger partial charge in [0.1, 0.15) is 17.5 Å². The fourth-order valence-electron chi connectivity index (χ4n) is 2.03. The minimum Gasteiger partial charge on any atom is -0.383 e. The molecule has 0 saturated carbocycles. The third-order valence-corrected chi connectivity index (χ3v) is 2.97. The van der Waals surface area contributed by atoms with Crippen molar-refractivity contribution in [1.82, 2.24) is 9.97 Å². The molecule has 0 saturated heterocycles. The van der Waals surface area contributed by atoms with E-state index in [9.17, 15) is 0 Å². The maximum Gasteiger partial charge on any atom is 0.135 e. The SMILES string of the molecule is CCCC(COC)Nc1cc(NCC)nc(C(C)C)n1. The zero-order valence-electron chi connectivity index (χ0n) is 13.4. The van der Waals surface area contributed by atoms with Crippen LogP contribution in [0, 0.1) is 0 Å². The van der Waals surface area contributed by atoms with Crippen LogP contribution in [0.3, 0.4) is 0 Å². The number of hydrogen-bond donors (Lipinski definition) is 2. The highest BCUT2D eigenvalue weighted by Crippen LogP contribution is 2.18. The normalized spacial score (nSPS) is 12.5. The number of hydrogen-bond acceptors (Lipinski definition) is 5. The molecule has 0 bridgehead atoms. The lowest BCUT2D eigenvalue weighted by molar-refractivity contribution is 0.182. The van der Waals surface area contributed by atoms with Crippen molar-refractivity contribution in [3.05, 3.63) is 11.9 Å². The molecule has 0 aliphatic rings. The molecule has 2 N–H and O–H groups in total. The molecule has 0 spiro atoms. The first-order valence-corrected chi connectivity index (χ1v) is 7.49. The van der Waals surface area contributed by atoms with Crippen LogP contribution in [0.15, 0.2) is 6.07 Å². The Morgan fingerprint density at radius 1 is 1.20 bits per heavy atom. The molecule has 5 nitrogen and oxygen atoms in total. The molecule has 0 aromatic carbocycles. The molecule has 0 radical (unpaired) electrons. The van der Waals surface area contributed by atoms with Crippen LogP contribution in [0.25, 0.3) is 0 Å². The first kappa shape index (κ1) is 16.7. The molecule has 114 valence electrons. The molecule has 1 unspecified atom stereocenters. The van der Waals surface area contributed by atoms with E-state index in [-0.39, 0.29) is 6.04 Å². The van der Waals surface area contributed by atoms with Crippen molar-refractivity contribution in [1.29, 1.82) is 0 Å².